The monoisotopic (exact) mass is 1250 g/mol. The van der Waals surface area contributed by atoms with Crippen molar-refractivity contribution in [1.82, 2.24) is 0 Å². The van der Waals surface area contributed by atoms with Crippen molar-refractivity contribution >= 4 is 32.3 Å². The van der Waals surface area contributed by atoms with Gasteiger partial charge < -0.3 is 0 Å². The van der Waals surface area contributed by atoms with Crippen LogP contribution in [0.3, 0.4) is 0 Å². The molecule has 0 spiro atoms. The molecule has 0 heterocycles. The van der Waals surface area contributed by atoms with E-state index in [2.05, 4.69) is 367 Å². The molecular formula is C98H70. The zero-order chi connectivity index (χ0) is 65.4. The first-order valence-electron chi connectivity index (χ1n) is 34.7. The molecule has 0 saturated heterocycles. The first-order valence-corrected chi connectivity index (χ1v) is 34.7. The Labute approximate surface area is 574 Å². The second-order valence-electron chi connectivity index (χ2n) is 28.4. The Kier molecular flexibility index (Phi) is 13.1. The van der Waals surface area contributed by atoms with Gasteiger partial charge in [-0.3, -0.25) is 0 Å². The SMILES string of the molecule is Cc1ccc2cc(-c3cc(-c4cccc(C5(c6ccccc6)c6ccccc6-c6c(-c7ccc8cc(C)ccc8c7)cccc65)c4)c4c(c3)C(c3ccccc3)(c3cccc(Cc5ccc6cc(-c7cccc8c7-c7ccccc7C8(C)C)ccc6c5)c3)c3ccccc3-4)ccc2c1. The lowest BCUT2D eigenvalue weighted by Crippen LogP contribution is -2.29. The van der Waals surface area contributed by atoms with Gasteiger partial charge in [-0.25, -0.2) is 0 Å². The van der Waals surface area contributed by atoms with Crippen molar-refractivity contribution in [2.24, 2.45) is 0 Å². The van der Waals surface area contributed by atoms with E-state index in [0.717, 1.165) is 6.42 Å². The van der Waals surface area contributed by atoms with Crippen molar-refractivity contribution in [3.8, 4) is 77.9 Å². The van der Waals surface area contributed by atoms with Crippen LogP contribution in [0.1, 0.15) is 91.7 Å². The smallest absolute Gasteiger partial charge is 0.0622 e. The summed E-state index contributed by atoms with van der Waals surface area (Å²) in [5, 5.41) is 7.48. The summed E-state index contributed by atoms with van der Waals surface area (Å²) in [6.07, 6.45) is 0.788. The normalized spacial score (nSPS) is 16.0. The van der Waals surface area contributed by atoms with E-state index in [4.69, 9.17) is 0 Å². The third kappa shape index (κ3) is 8.70. The first kappa shape index (κ1) is 57.7. The minimum Gasteiger partial charge on any atom is -0.0622 e. The quantitative estimate of drug-likeness (QED) is 0.128. The van der Waals surface area contributed by atoms with Gasteiger partial charge in [-0.2, -0.15) is 0 Å². The van der Waals surface area contributed by atoms with Gasteiger partial charge in [0.2, 0.25) is 0 Å². The molecule has 16 aromatic rings. The maximum atomic E-state index is 2.56. The summed E-state index contributed by atoms with van der Waals surface area (Å²) in [6, 6.07) is 130. The maximum Gasteiger partial charge on any atom is 0.0714 e. The molecule has 0 amide bonds. The lowest BCUT2D eigenvalue weighted by molar-refractivity contribution is 0.660. The Morgan fingerprint density at radius 3 is 1.23 bits per heavy atom. The van der Waals surface area contributed by atoms with Gasteiger partial charge in [0, 0.05) is 5.41 Å². The van der Waals surface area contributed by atoms with Crippen molar-refractivity contribution in [1.29, 1.82) is 0 Å². The minimum absolute atomic E-state index is 0.0529. The standard InChI is InChI=1S/C98H70/c1-62-39-42-69-56-72(46-45-66(69)51-62)76-60-86(73-22-18-28-80(59-73)97(77-23-7-5-8-24-77)88-35-15-12-30-84(88)94-82(33-20-38-91(94)97)75-49-47-67-52-63(2)40-43-70(67)57-75)95-85-31-13-16-36-89(85)98(92(95)61-76,78-25-9-6-10-26-78)79-27-17-21-64(55-79)53-65-41-44-71-58-74(50-48-68(71)54-65)81-32-19-37-90-93(81)83-29-11-14-34-87(83)96(90,3)4/h5-52,54-61H,53H2,1-4H3. The molecule has 98 heavy (non-hydrogen) atoms. The van der Waals surface area contributed by atoms with Gasteiger partial charge in [0.1, 0.15) is 0 Å². The fourth-order valence-corrected chi connectivity index (χ4v) is 18.0. The molecule has 3 aliphatic carbocycles. The van der Waals surface area contributed by atoms with Gasteiger partial charge in [-0.15, -0.1) is 0 Å². The molecule has 0 bridgehead atoms. The average molecular weight is 1250 g/mol. The third-order valence-electron chi connectivity index (χ3n) is 22.5. The fraction of sp³-hybridized carbons (Fsp3) is 0.0816. The predicted octanol–water partition coefficient (Wildman–Crippen LogP) is 25.1. The Morgan fingerprint density at radius 2 is 0.612 bits per heavy atom. The van der Waals surface area contributed by atoms with Gasteiger partial charge in [-0.05, 0) is 234 Å². The van der Waals surface area contributed by atoms with E-state index in [0.29, 0.717) is 0 Å². The molecule has 0 heteroatoms. The van der Waals surface area contributed by atoms with E-state index in [1.54, 1.807) is 0 Å². The highest BCUT2D eigenvalue weighted by atomic mass is 14.5. The van der Waals surface area contributed by atoms with Crippen LogP contribution in [0.2, 0.25) is 0 Å². The van der Waals surface area contributed by atoms with Gasteiger partial charge in [-0.1, -0.05) is 328 Å². The van der Waals surface area contributed by atoms with Crippen LogP contribution in [0.15, 0.2) is 340 Å². The van der Waals surface area contributed by atoms with E-state index in [-0.39, 0.29) is 5.41 Å². The Balaban J connectivity index is 0.790. The van der Waals surface area contributed by atoms with Crippen LogP contribution < -0.4 is 0 Å². The lowest BCUT2D eigenvalue weighted by atomic mass is 9.66. The van der Waals surface area contributed by atoms with Crippen LogP contribution in [-0.4, -0.2) is 0 Å². The van der Waals surface area contributed by atoms with Crippen molar-refractivity contribution in [3.05, 3.63) is 418 Å². The Bertz CT molecular complexity index is 5960. The third-order valence-corrected chi connectivity index (χ3v) is 22.5. The zero-order valence-corrected chi connectivity index (χ0v) is 55.5. The molecule has 2 unspecified atom stereocenters. The summed E-state index contributed by atoms with van der Waals surface area (Å²) in [5.74, 6) is 0. The topological polar surface area (TPSA) is 0 Å². The van der Waals surface area contributed by atoms with Crippen molar-refractivity contribution in [2.75, 3.05) is 0 Å². The molecule has 0 aromatic heterocycles. The summed E-state index contributed by atoms with van der Waals surface area (Å²) >= 11 is 0. The van der Waals surface area contributed by atoms with Gasteiger partial charge in [0.25, 0.3) is 0 Å². The van der Waals surface area contributed by atoms with Crippen LogP contribution in [0.25, 0.3) is 110 Å². The molecule has 0 radical (unpaired) electrons. The Morgan fingerprint density at radius 1 is 0.214 bits per heavy atom. The molecule has 0 nitrogen and oxygen atoms in total. The first-order chi connectivity index (χ1) is 48.1. The molecule has 3 aliphatic rings. The van der Waals surface area contributed by atoms with Crippen molar-refractivity contribution in [2.45, 2.75) is 50.4 Å². The van der Waals surface area contributed by atoms with E-state index >= 15 is 0 Å². The molecule has 0 N–H and O–H groups in total. The van der Waals surface area contributed by atoms with Crippen molar-refractivity contribution < 1.29 is 0 Å². The second-order valence-corrected chi connectivity index (χ2v) is 28.4. The highest BCUT2D eigenvalue weighted by Crippen LogP contribution is 2.62. The molecule has 462 valence electrons. The molecule has 16 aromatic carbocycles. The van der Waals surface area contributed by atoms with Crippen LogP contribution in [-0.2, 0) is 22.7 Å². The average Bonchev–Trinajstić information content (AvgIpc) is 1.54. The van der Waals surface area contributed by atoms with Crippen LogP contribution >= 0.6 is 0 Å². The number of aryl methyl sites for hydroxylation is 2. The van der Waals surface area contributed by atoms with E-state index in [1.807, 2.05) is 0 Å². The van der Waals surface area contributed by atoms with Crippen LogP contribution in [0, 0.1) is 13.8 Å². The predicted molar refractivity (Wildman–Crippen MR) is 412 cm³/mol. The van der Waals surface area contributed by atoms with E-state index in [1.165, 1.54) is 188 Å². The van der Waals surface area contributed by atoms with Gasteiger partial charge >= 0.3 is 0 Å². The molecule has 0 fully saturated rings. The van der Waals surface area contributed by atoms with Crippen LogP contribution in [0.5, 0.6) is 0 Å². The number of hydrogen-bond acceptors (Lipinski definition) is 0. The molecular weight excluding hydrogens is 1180 g/mol. The highest BCUT2D eigenvalue weighted by molar-refractivity contribution is 6.02. The summed E-state index contributed by atoms with van der Waals surface area (Å²) in [7, 11) is 0. The summed E-state index contributed by atoms with van der Waals surface area (Å²) < 4.78 is 0. The largest absolute Gasteiger partial charge is 0.0714 e. The maximum absolute atomic E-state index is 2.56. The Hall–Kier alpha value is -11.7. The van der Waals surface area contributed by atoms with Gasteiger partial charge in [0.05, 0.1) is 10.8 Å². The molecule has 0 aliphatic heterocycles. The van der Waals surface area contributed by atoms with E-state index in [9.17, 15) is 0 Å². The number of rotatable bonds is 10. The van der Waals surface area contributed by atoms with Crippen molar-refractivity contribution in [3.63, 3.8) is 0 Å². The highest BCUT2D eigenvalue weighted by Gasteiger charge is 2.50. The summed E-state index contributed by atoms with van der Waals surface area (Å²) in [6.45, 7) is 9.09. The zero-order valence-electron chi connectivity index (χ0n) is 55.5. The van der Waals surface area contributed by atoms with E-state index < -0.39 is 10.8 Å². The number of hydrogen-bond donors (Lipinski definition) is 0. The number of benzene rings is 16. The van der Waals surface area contributed by atoms with Crippen LogP contribution in [0.4, 0.5) is 0 Å². The van der Waals surface area contributed by atoms with Gasteiger partial charge in [0.15, 0.2) is 0 Å². The minimum atomic E-state index is -0.695. The lowest BCUT2D eigenvalue weighted by Gasteiger charge is -2.35. The summed E-state index contributed by atoms with van der Waals surface area (Å²) in [4.78, 5) is 0. The summed E-state index contributed by atoms with van der Waals surface area (Å²) in [5.41, 5.74) is 34.2. The molecule has 19 rings (SSSR count). The fourth-order valence-electron chi connectivity index (χ4n) is 18.0. The molecule has 2 atom stereocenters. The second kappa shape index (κ2) is 22.2. The molecule has 0 saturated carbocycles. The number of fused-ring (bicyclic) bond motifs is 12.